The molecule has 19 heavy (non-hydrogen) atoms. The summed E-state index contributed by atoms with van der Waals surface area (Å²) >= 11 is 0. The van der Waals surface area contributed by atoms with Crippen molar-refractivity contribution in [2.24, 2.45) is 12.8 Å². The molecule has 0 spiro atoms. The molecule has 0 amide bonds. The van der Waals surface area contributed by atoms with E-state index in [0.29, 0.717) is 13.0 Å². The molecule has 2 heterocycles. The topological polar surface area (TPSA) is 79.6 Å². The Kier molecular flexibility index (Phi) is 2.76. The zero-order valence-corrected chi connectivity index (χ0v) is 10.7. The van der Waals surface area contributed by atoms with E-state index in [1.54, 1.807) is 7.05 Å². The van der Waals surface area contributed by atoms with Crippen molar-refractivity contribution >= 4 is 10.9 Å². The minimum Gasteiger partial charge on any atom is -0.360 e. The first-order chi connectivity index (χ1) is 9.22. The van der Waals surface area contributed by atoms with Gasteiger partial charge in [0.25, 0.3) is 5.56 Å². The van der Waals surface area contributed by atoms with Crippen LogP contribution in [0.1, 0.15) is 5.56 Å². The second kappa shape index (κ2) is 4.44. The van der Waals surface area contributed by atoms with Gasteiger partial charge in [-0.3, -0.25) is 14.6 Å². The third-order valence-corrected chi connectivity index (χ3v) is 3.40. The number of fused-ring (bicyclic) bond motifs is 1. The van der Waals surface area contributed by atoms with Crippen molar-refractivity contribution in [2.45, 2.75) is 6.42 Å². The van der Waals surface area contributed by atoms with Crippen LogP contribution in [-0.4, -0.2) is 21.3 Å². The molecule has 3 rings (SSSR count). The Morgan fingerprint density at radius 3 is 2.89 bits per heavy atom. The number of nitrogens with one attached hydrogen (secondary N) is 2. The Bertz CT molecular complexity index is 778. The van der Waals surface area contributed by atoms with Gasteiger partial charge in [-0.2, -0.15) is 0 Å². The monoisotopic (exact) mass is 256 g/mol. The average Bonchev–Trinajstić information content (AvgIpc) is 2.95. The van der Waals surface area contributed by atoms with E-state index in [0.717, 1.165) is 27.7 Å². The van der Waals surface area contributed by atoms with Crippen LogP contribution in [0.4, 0.5) is 0 Å². The van der Waals surface area contributed by atoms with Gasteiger partial charge in [-0.1, -0.05) is 18.2 Å². The van der Waals surface area contributed by atoms with Gasteiger partial charge < -0.3 is 10.7 Å². The number of hydrogen-bond donors (Lipinski definition) is 3. The minimum atomic E-state index is -0.00858. The molecule has 0 aliphatic rings. The van der Waals surface area contributed by atoms with Crippen LogP contribution in [0.2, 0.25) is 0 Å². The maximum atomic E-state index is 12.1. The van der Waals surface area contributed by atoms with E-state index in [2.05, 4.69) is 10.1 Å². The number of rotatable bonds is 3. The molecule has 5 nitrogen and oxygen atoms in total. The Morgan fingerprint density at radius 2 is 2.11 bits per heavy atom. The van der Waals surface area contributed by atoms with E-state index in [1.165, 1.54) is 4.68 Å². The fourth-order valence-electron chi connectivity index (χ4n) is 2.47. The second-order valence-electron chi connectivity index (χ2n) is 4.62. The van der Waals surface area contributed by atoms with E-state index in [-0.39, 0.29) is 5.56 Å². The predicted octanol–water partition coefficient (Wildman–Crippen LogP) is 1.36. The molecule has 3 aromatic rings. The third-order valence-electron chi connectivity index (χ3n) is 3.40. The lowest BCUT2D eigenvalue weighted by Gasteiger charge is -1.99. The minimum absolute atomic E-state index is 0.00858. The van der Waals surface area contributed by atoms with Crippen LogP contribution in [0.25, 0.3) is 22.2 Å². The summed E-state index contributed by atoms with van der Waals surface area (Å²) in [4.78, 5) is 15.3. The number of aromatic nitrogens is 3. The number of nitrogens with two attached hydrogens (primary N) is 1. The zero-order valence-electron chi connectivity index (χ0n) is 10.7. The Balaban J connectivity index is 2.27. The van der Waals surface area contributed by atoms with E-state index >= 15 is 0 Å². The van der Waals surface area contributed by atoms with Gasteiger partial charge in [-0.25, -0.2) is 0 Å². The first-order valence-corrected chi connectivity index (χ1v) is 6.27. The number of para-hydroxylation sites is 1. The first kappa shape index (κ1) is 11.8. The van der Waals surface area contributed by atoms with Crippen molar-refractivity contribution in [2.75, 3.05) is 6.54 Å². The second-order valence-corrected chi connectivity index (χ2v) is 4.62. The summed E-state index contributed by atoms with van der Waals surface area (Å²) in [6.07, 6.45) is 2.50. The summed E-state index contributed by atoms with van der Waals surface area (Å²) in [5, 5.41) is 4.22. The zero-order chi connectivity index (χ0) is 13.4. The van der Waals surface area contributed by atoms with Crippen molar-refractivity contribution < 1.29 is 0 Å². The number of aryl methyl sites for hydroxylation is 1. The molecule has 1 aromatic carbocycles. The summed E-state index contributed by atoms with van der Waals surface area (Å²) in [6.45, 7) is 0.461. The highest BCUT2D eigenvalue weighted by atomic mass is 16.1. The first-order valence-electron chi connectivity index (χ1n) is 6.27. The van der Waals surface area contributed by atoms with Crippen molar-refractivity contribution in [1.29, 1.82) is 0 Å². The largest absolute Gasteiger partial charge is 0.360 e. The molecule has 0 radical (unpaired) electrons. The lowest BCUT2D eigenvalue weighted by Crippen LogP contribution is -2.17. The lowest BCUT2D eigenvalue weighted by atomic mass is 10.1. The molecule has 98 valence electrons. The molecule has 2 aromatic heterocycles. The number of benzene rings is 1. The fourth-order valence-corrected chi connectivity index (χ4v) is 2.47. The molecule has 0 saturated heterocycles. The fraction of sp³-hybridized carbons (Fsp3) is 0.214. The van der Waals surface area contributed by atoms with Gasteiger partial charge in [0, 0.05) is 35.3 Å². The van der Waals surface area contributed by atoms with Crippen LogP contribution >= 0.6 is 0 Å². The highest BCUT2D eigenvalue weighted by Gasteiger charge is 2.16. The standard InChI is InChI=1S/C14H16N4O/c1-18-14(19)10(6-7-15)13(17-18)11-8-16-12-5-3-2-4-9(11)12/h2-5,8,16-17H,6-7,15H2,1H3. The maximum Gasteiger partial charge on any atom is 0.270 e. The van der Waals surface area contributed by atoms with Crippen LogP contribution in [0, 0.1) is 0 Å². The molecule has 0 fully saturated rings. The van der Waals surface area contributed by atoms with Crippen LogP contribution < -0.4 is 11.3 Å². The number of nitrogens with zero attached hydrogens (tertiary/aromatic N) is 1. The highest BCUT2D eigenvalue weighted by Crippen LogP contribution is 2.28. The summed E-state index contributed by atoms with van der Waals surface area (Å²) in [7, 11) is 1.72. The van der Waals surface area contributed by atoms with Gasteiger partial charge in [-0.15, -0.1) is 0 Å². The van der Waals surface area contributed by atoms with E-state index in [4.69, 9.17) is 5.73 Å². The van der Waals surface area contributed by atoms with Gasteiger partial charge in [0.15, 0.2) is 0 Å². The molecule has 0 aliphatic carbocycles. The van der Waals surface area contributed by atoms with E-state index in [9.17, 15) is 4.79 Å². The third kappa shape index (κ3) is 1.79. The van der Waals surface area contributed by atoms with Crippen molar-refractivity contribution in [3.63, 3.8) is 0 Å². The molecule has 0 bridgehead atoms. The Hall–Kier alpha value is -2.27. The van der Waals surface area contributed by atoms with Gasteiger partial charge in [0.05, 0.1) is 5.69 Å². The number of hydrogen-bond acceptors (Lipinski definition) is 2. The van der Waals surface area contributed by atoms with Crippen LogP contribution in [0.5, 0.6) is 0 Å². The Morgan fingerprint density at radius 1 is 1.32 bits per heavy atom. The van der Waals surface area contributed by atoms with E-state index in [1.807, 2.05) is 30.5 Å². The highest BCUT2D eigenvalue weighted by molar-refractivity contribution is 5.95. The molecule has 5 heteroatoms. The Labute approximate surface area is 110 Å². The normalized spacial score (nSPS) is 11.3. The SMILES string of the molecule is Cn1[nH]c(-c2c[nH]c3ccccc23)c(CCN)c1=O. The van der Waals surface area contributed by atoms with Gasteiger partial charge in [0.2, 0.25) is 0 Å². The number of H-pyrrole nitrogens is 2. The van der Waals surface area contributed by atoms with Gasteiger partial charge >= 0.3 is 0 Å². The van der Waals surface area contributed by atoms with E-state index < -0.39 is 0 Å². The molecule has 0 saturated carbocycles. The molecule has 0 aliphatic heterocycles. The maximum absolute atomic E-state index is 12.1. The molecule has 0 unspecified atom stereocenters. The number of aromatic amines is 2. The van der Waals surface area contributed by atoms with Gasteiger partial charge in [0.1, 0.15) is 0 Å². The van der Waals surface area contributed by atoms with Crippen molar-refractivity contribution in [1.82, 2.24) is 14.8 Å². The molecular formula is C14H16N4O. The van der Waals surface area contributed by atoms with Crippen LogP contribution in [0.3, 0.4) is 0 Å². The predicted molar refractivity (Wildman–Crippen MR) is 76.1 cm³/mol. The summed E-state index contributed by atoms with van der Waals surface area (Å²) in [5.41, 5.74) is 9.26. The summed E-state index contributed by atoms with van der Waals surface area (Å²) < 4.78 is 1.50. The van der Waals surface area contributed by atoms with Crippen molar-refractivity contribution in [3.8, 4) is 11.3 Å². The smallest absolute Gasteiger partial charge is 0.270 e. The quantitative estimate of drug-likeness (QED) is 0.661. The summed E-state index contributed by atoms with van der Waals surface area (Å²) in [6, 6.07) is 8.03. The molecule has 0 atom stereocenters. The lowest BCUT2D eigenvalue weighted by molar-refractivity contribution is 0.739. The van der Waals surface area contributed by atoms with Gasteiger partial charge in [-0.05, 0) is 19.0 Å². The average molecular weight is 256 g/mol. The van der Waals surface area contributed by atoms with Crippen molar-refractivity contribution in [3.05, 3.63) is 46.4 Å². The van der Waals surface area contributed by atoms with Crippen LogP contribution in [0.15, 0.2) is 35.3 Å². The molecular weight excluding hydrogens is 240 g/mol. The van der Waals surface area contributed by atoms with Crippen LogP contribution in [-0.2, 0) is 13.5 Å². The summed E-state index contributed by atoms with van der Waals surface area (Å²) in [5.74, 6) is 0. The molecule has 4 N–H and O–H groups in total.